The number of hydrogen-bond donors (Lipinski definition) is 1. The number of ether oxygens (including phenoxy) is 2. The highest BCUT2D eigenvalue weighted by Gasteiger charge is 2.27. The molecule has 0 bridgehead atoms. The molecular formula is C16H19N3O5S. The second kappa shape index (κ2) is 7.93. The van der Waals surface area contributed by atoms with E-state index >= 15 is 0 Å². The molecule has 0 saturated heterocycles. The Labute approximate surface area is 148 Å². The van der Waals surface area contributed by atoms with Gasteiger partial charge in [-0.3, -0.25) is 9.48 Å². The fourth-order valence-electron chi connectivity index (χ4n) is 2.21. The van der Waals surface area contributed by atoms with E-state index in [1.807, 2.05) is 6.92 Å². The lowest BCUT2D eigenvalue weighted by atomic mass is 10.1. The van der Waals surface area contributed by atoms with Gasteiger partial charge in [-0.15, -0.1) is 11.3 Å². The molecule has 0 aliphatic rings. The van der Waals surface area contributed by atoms with Gasteiger partial charge in [-0.25, -0.2) is 9.59 Å². The highest BCUT2D eigenvalue weighted by atomic mass is 32.1. The lowest BCUT2D eigenvalue weighted by molar-refractivity contribution is -0.116. The van der Waals surface area contributed by atoms with Gasteiger partial charge in [-0.05, 0) is 32.4 Å². The van der Waals surface area contributed by atoms with Crippen molar-refractivity contribution in [1.29, 1.82) is 0 Å². The SMILES string of the molecule is CCOC(=O)c1sc(NC(=O)Cn2ccc(C)n2)c(C(=O)OC)c1C. The van der Waals surface area contributed by atoms with Crippen LogP contribution in [-0.2, 0) is 20.8 Å². The van der Waals surface area contributed by atoms with Crippen molar-refractivity contribution in [1.82, 2.24) is 9.78 Å². The molecule has 8 nitrogen and oxygen atoms in total. The zero-order valence-corrected chi connectivity index (χ0v) is 15.2. The van der Waals surface area contributed by atoms with Crippen LogP contribution in [0.4, 0.5) is 5.00 Å². The Bertz CT molecular complexity index is 809. The van der Waals surface area contributed by atoms with E-state index in [0.29, 0.717) is 5.56 Å². The first-order chi connectivity index (χ1) is 11.9. The summed E-state index contributed by atoms with van der Waals surface area (Å²) in [5.41, 5.74) is 1.36. The maximum absolute atomic E-state index is 12.2. The van der Waals surface area contributed by atoms with Gasteiger partial charge < -0.3 is 14.8 Å². The van der Waals surface area contributed by atoms with Gasteiger partial charge in [0, 0.05) is 6.20 Å². The summed E-state index contributed by atoms with van der Waals surface area (Å²) in [5.74, 6) is -1.54. The molecule has 2 aromatic heterocycles. The quantitative estimate of drug-likeness (QED) is 0.788. The van der Waals surface area contributed by atoms with Crippen molar-refractivity contribution < 1.29 is 23.9 Å². The van der Waals surface area contributed by atoms with E-state index in [-0.39, 0.29) is 34.5 Å². The standard InChI is InChI=1S/C16H19N3O5S/c1-5-24-16(22)13-10(3)12(15(21)23-4)14(25-13)17-11(20)8-19-7-6-9(2)18-19/h6-7H,5,8H2,1-4H3,(H,17,20). The summed E-state index contributed by atoms with van der Waals surface area (Å²) in [6.45, 7) is 5.32. The van der Waals surface area contributed by atoms with E-state index < -0.39 is 11.9 Å². The van der Waals surface area contributed by atoms with Crippen molar-refractivity contribution in [2.45, 2.75) is 27.3 Å². The molecule has 0 aliphatic carbocycles. The minimum absolute atomic E-state index is 0.0137. The fraction of sp³-hybridized carbons (Fsp3) is 0.375. The summed E-state index contributed by atoms with van der Waals surface area (Å²) in [5, 5.41) is 7.04. The van der Waals surface area contributed by atoms with Crippen LogP contribution in [0.2, 0.25) is 0 Å². The second-order valence-electron chi connectivity index (χ2n) is 5.18. The molecule has 134 valence electrons. The number of anilines is 1. The van der Waals surface area contributed by atoms with Crippen LogP contribution >= 0.6 is 11.3 Å². The summed E-state index contributed by atoms with van der Waals surface area (Å²) in [7, 11) is 1.24. The van der Waals surface area contributed by atoms with Gasteiger partial charge in [0.25, 0.3) is 0 Å². The molecular weight excluding hydrogens is 346 g/mol. The van der Waals surface area contributed by atoms with Crippen LogP contribution in [-0.4, -0.2) is 41.3 Å². The van der Waals surface area contributed by atoms with E-state index in [9.17, 15) is 14.4 Å². The lowest BCUT2D eigenvalue weighted by Gasteiger charge is -2.06. The second-order valence-corrected chi connectivity index (χ2v) is 6.20. The molecule has 0 spiro atoms. The minimum Gasteiger partial charge on any atom is -0.465 e. The Morgan fingerprint density at radius 1 is 1.28 bits per heavy atom. The van der Waals surface area contributed by atoms with Crippen LogP contribution in [0.1, 0.15) is 38.2 Å². The molecule has 9 heteroatoms. The van der Waals surface area contributed by atoms with Crippen molar-refractivity contribution in [3.63, 3.8) is 0 Å². The van der Waals surface area contributed by atoms with Crippen molar-refractivity contribution in [3.8, 4) is 0 Å². The summed E-state index contributed by atoms with van der Waals surface area (Å²) < 4.78 is 11.2. The summed E-state index contributed by atoms with van der Waals surface area (Å²) in [6, 6.07) is 1.78. The van der Waals surface area contributed by atoms with Crippen LogP contribution in [0.15, 0.2) is 12.3 Å². The van der Waals surface area contributed by atoms with Gasteiger partial charge in [-0.1, -0.05) is 0 Å². The number of rotatable bonds is 6. The molecule has 25 heavy (non-hydrogen) atoms. The smallest absolute Gasteiger partial charge is 0.348 e. The predicted molar refractivity (Wildman–Crippen MR) is 91.9 cm³/mol. The molecule has 0 radical (unpaired) electrons. The Morgan fingerprint density at radius 3 is 2.56 bits per heavy atom. The zero-order valence-electron chi connectivity index (χ0n) is 14.4. The average Bonchev–Trinajstić information content (AvgIpc) is 3.10. The number of aryl methyl sites for hydroxylation is 1. The van der Waals surface area contributed by atoms with E-state index in [1.165, 1.54) is 11.8 Å². The molecule has 1 amide bonds. The van der Waals surface area contributed by atoms with E-state index in [0.717, 1.165) is 17.0 Å². The Balaban J connectivity index is 2.28. The number of carbonyl (C=O) groups excluding carboxylic acids is 3. The molecule has 0 atom stereocenters. The number of aromatic nitrogens is 2. The topological polar surface area (TPSA) is 99.5 Å². The van der Waals surface area contributed by atoms with Crippen molar-refractivity contribution >= 4 is 34.2 Å². The Hall–Kier alpha value is -2.68. The Kier molecular flexibility index (Phi) is 5.92. The Morgan fingerprint density at radius 2 is 2.00 bits per heavy atom. The highest BCUT2D eigenvalue weighted by Crippen LogP contribution is 2.34. The maximum atomic E-state index is 12.2. The molecule has 2 aromatic rings. The predicted octanol–water partition coefficient (Wildman–Crippen LogP) is 2.16. The number of carbonyl (C=O) groups is 3. The van der Waals surface area contributed by atoms with Gasteiger partial charge in [0.1, 0.15) is 16.4 Å². The molecule has 2 rings (SSSR count). The number of thiophene rings is 1. The third-order valence-electron chi connectivity index (χ3n) is 3.33. The lowest BCUT2D eigenvalue weighted by Crippen LogP contribution is -2.20. The van der Waals surface area contributed by atoms with Crippen molar-refractivity contribution in [3.05, 3.63) is 34.0 Å². The minimum atomic E-state index is -0.630. The van der Waals surface area contributed by atoms with Crippen LogP contribution in [0.3, 0.4) is 0 Å². The van der Waals surface area contributed by atoms with Gasteiger partial charge in [0.05, 0.1) is 25.0 Å². The van der Waals surface area contributed by atoms with Crippen LogP contribution in [0, 0.1) is 13.8 Å². The number of nitrogens with one attached hydrogen (secondary N) is 1. The normalized spacial score (nSPS) is 10.4. The monoisotopic (exact) mass is 365 g/mol. The van der Waals surface area contributed by atoms with Gasteiger partial charge in [0.15, 0.2) is 0 Å². The highest BCUT2D eigenvalue weighted by molar-refractivity contribution is 7.18. The molecule has 0 aromatic carbocycles. The van der Waals surface area contributed by atoms with Crippen molar-refractivity contribution in [2.24, 2.45) is 0 Å². The average molecular weight is 365 g/mol. The number of nitrogens with zero attached hydrogens (tertiary/aromatic N) is 2. The number of methoxy groups -OCH3 is 1. The van der Waals surface area contributed by atoms with E-state index in [4.69, 9.17) is 9.47 Å². The maximum Gasteiger partial charge on any atom is 0.348 e. The number of esters is 2. The van der Waals surface area contributed by atoms with E-state index in [1.54, 1.807) is 26.1 Å². The summed E-state index contributed by atoms with van der Waals surface area (Å²) in [4.78, 5) is 36.6. The molecule has 0 fully saturated rings. The van der Waals surface area contributed by atoms with Crippen LogP contribution in [0.25, 0.3) is 0 Å². The molecule has 1 N–H and O–H groups in total. The zero-order chi connectivity index (χ0) is 18.6. The number of hydrogen-bond acceptors (Lipinski definition) is 7. The third kappa shape index (κ3) is 4.24. The number of amides is 1. The molecule has 0 aliphatic heterocycles. The molecule has 2 heterocycles. The largest absolute Gasteiger partial charge is 0.465 e. The van der Waals surface area contributed by atoms with Gasteiger partial charge in [0.2, 0.25) is 5.91 Å². The van der Waals surface area contributed by atoms with E-state index in [2.05, 4.69) is 10.4 Å². The molecule has 0 unspecified atom stereocenters. The third-order valence-corrected chi connectivity index (χ3v) is 4.52. The van der Waals surface area contributed by atoms with Crippen molar-refractivity contribution in [2.75, 3.05) is 19.0 Å². The van der Waals surface area contributed by atoms with Gasteiger partial charge >= 0.3 is 11.9 Å². The molecule has 0 saturated carbocycles. The first-order valence-electron chi connectivity index (χ1n) is 7.56. The first kappa shape index (κ1) is 18.7. The fourth-order valence-corrected chi connectivity index (χ4v) is 3.31. The van der Waals surface area contributed by atoms with Gasteiger partial charge in [-0.2, -0.15) is 5.10 Å². The summed E-state index contributed by atoms with van der Waals surface area (Å²) in [6.07, 6.45) is 1.68. The van der Waals surface area contributed by atoms with Crippen LogP contribution < -0.4 is 5.32 Å². The first-order valence-corrected chi connectivity index (χ1v) is 8.37. The summed E-state index contributed by atoms with van der Waals surface area (Å²) >= 11 is 0.985. The van der Waals surface area contributed by atoms with Crippen LogP contribution in [0.5, 0.6) is 0 Å².